The Morgan fingerprint density at radius 3 is 2.82 bits per heavy atom. The van der Waals surface area contributed by atoms with Crippen LogP contribution in [0.15, 0.2) is 46.3 Å². The van der Waals surface area contributed by atoms with E-state index in [0.717, 1.165) is 0 Å². The Balaban J connectivity index is 1.75. The molecule has 0 fully saturated rings. The first-order valence-corrected chi connectivity index (χ1v) is 9.54. The molecule has 3 N–H and O–H groups in total. The molecular formula is C17H17ClN6O3S. The Morgan fingerprint density at radius 1 is 1.36 bits per heavy atom. The second-order valence-electron chi connectivity index (χ2n) is 5.76. The first-order valence-electron chi connectivity index (χ1n) is 8.28. The fourth-order valence-electron chi connectivity index (χ4n) is 2.28. The van der Waals surface area contributed by atoms with Crippen LogP contribution in [0.25, 0.3) is 11.6 Å². The summed E-state index contributed by atoms with van der Waals surface area (Å²) in [5.74, 6) is 0.652. The summed E-state index contributed by atoms with van der Waals surface area (Å²) >= 11 is 6.99. The summed E-state index contributed by atoms with van der Waals surface area (Å²) in [7, 11) is 0. The van der Waals surface area contributed by atoms with Crippen molar-refractivity contribution in [2.75, 3.05) is 5.32 Å². The first-order chi connectivity index (χ1) is 13.4. The Morgan fingerprint density at radius 2 is 2.18 bits per heavy atom. The number of hydrogen-bond donors (Lipinski definition) is 2. The van der Waals surface area contributed by atoms with Crippen LogP contribution in [-0.4, -0.2) is 36.8 Å². The van der Waals surface area contributed by atoms with E-state index in [9.17, 15) is 9.59 Å². The lowest BCUT2D eigenvalue weighted by Crippen LogP contribution is -2.23. The van der Waals surface area contributed by atoms with E-state index < -0.39 is 11.2 Å². The van der Waals surface area contributed by atoms with Gasteiger partial charge in [-0.1, -0.05) is 23.4 Å². The summed E-state index contributed by atoms with van der Waals surface area (Å²) in [5.41, 5.74) is 5.27. The topological polar surface area (TPSA) is 129 Å². The lowest BCUT2D eigenvalue weighted by atomic mass is 10.3. The molecular weight excluding hydrogens is 404 g/mol. The maximum absolute atomic E-state index is 12.5. The summed E-state index contributed by atoms with van der Waals surface area (Å²) in [6.45, 7) is 2.00. The molecule has 3 aromatic rings. The molecule has 0 saturated carbocycles. The molecule has 1 atom stereocenters. The van der Waals surface area contributed by atoms with E-state index in [2.05, 4.69) is 20.5 Å². The van der Waals surface area contributed by atoms with Crippen LogP contribution in [0.5, 0.6) is 0 Å². The van der Waals surface area contributed by atoms with Gasteiger partial charge in [0.2, 0.25) is 11.8 Å². The molecule has 28 heavy (non-hydrogen) atoms. The number of nitrogens with one attached hydrogen (secondary N) is 1. The molecule has 0 radical (unpaired) electrons. The fourth-order valence-corrected chi connectivity index (χ4v) is 3.26. The highest BCUT2D eigenvalue weighted by Crippen LogP contribution is 2.28. The van der Waals surface area contributed by atoms with E-state index in [1.165, 1.54) is 24.2 Å². The zero-order valence-electron chi connectivity index (χ0n) is 14.8. The van der Waals surface area contributed by atoms with Crippen molar-refractivity contribution in [1.29, 1.82) is 0 Å². The first kappa shape index (κ1) is 19.9. The largest absolute Gasteiger partial charge is 0.461 e. The number of aromatic nitrogens is 4. The van der Waals surface area contributed by atoms with Crippen molar-refractivity contribution in [2.45, 2.75) is 30.3 Å². The fraction of sp³-hybridized carbons (Fsp3) is 0.235. The summed E-state index contributed by atoms with van der Waals surface area (Å²) in [6, 6.07) is 6.71. The van der Waals surface area contributed by atoms with E-state index in [0.29, 0.717) is 27.6 Å². The van der Waals surface area contributed by atoms with Gasteiger partial charge in [-0.05, 0) is 31.2 Å². The molecule has 0 saturated heterocycles. The predicted molar refractivity (Wildman–Crippen MR) is 105 cm³/mol. The third kappa shape index (κ3) is 4.90. The quantitative estimate of drug-likeness (QED) is 0.535. The van der Waals surface area contributed by atoms with Crippen molar-refractivity contribution in [2.24, 2.45) is 5.73 Å². The average molecular weight is 421 g/mol. The van der Waals surface area contributed by atoms with Gasteiger partial charge in [0.1, 0.15) is 5.82 Å². The second-order valence-corrected chi connectivity index (χ2v) is 7.51. The van der Waals surface area contributed by atoms with Gasteiger partial charge in [-0.15, -0.1) is 10.2 Å². The van der Waals surface area contributed by atoms with Crippen molar-refractivity contribution in [1.82, 2.24) is 19.7 Å². The maximum Gasteiger partial charge on any atom is 0.238 e. The zero-order chi connectivity index (χ0) is 20.1. The molecule has 3 rings (SSSR count). The number of hydrogen-bond acceptors (Lipinski definition) is 7. The molecule has 0 aliphatic rings. The maximum atomic E-state index is 12.5. The number of thioether (sulfide) groups is 1. The monoisotopic (exact) mass is 420 g/mol. The highest BCUT2D eigenvalue weighted by atomic mass is 35.5. The van der Waals surface area contributed by atoms with Crippen LogP contribution in [0.3, 0.4) is 0 Å². The molecule has 3 heterocycles. The number of halogens is 1. The average Bonchev–Trinajstić information content (AvgIpc) is 3.31. The van der Waals surface area contributed by atoms with Gasteiger partial charge in [0.05, 0.1) is 16.5 Å². The smallest absolute Gasteiger partial charge is 0.238 e. The van der Waals surface area contributed by atoms with Crippen LogP contribution < -0.4 is 11.1 Å². The number of nitrogens with two attached hydrogens (primary N) is 1. The number of carbonyl (C=O) groups is 2. The van der Waals surface area contributed by atoms with Crippen LogP contribution in [0, 0.1) is 0 Å². The summed E-state index contributed by atoms with van der Waals surface area (Å²) < 4.78 is 7.08. The highest BCUT2D eigenvalue weighted by Gasteiger charge is 2.22. The van der Waals surface area contributed by atoms with Gasteiger partial charge in [-0.3, -0.25) is 14.2 Å². The lowest BCUT2D eigenvalue weighted by Gasteiger charge is -2.12. The van der Waals surface area contributed by atoms with E-state index in [1.54, 1.807) is 35.8 Å². The van der Waals surface area contributed by atoms with Crippen molar-refractivity contribution < 1.29 is 14.0 Å². The Kier molecular flexibility index (Phi) is 6.32. The molecule has 146 valence electrons. The van der Waals surface area contributed by atoms with Crippen LogP contribution in [0.1, 0.15) is 13.3 Å². The van der Waals surface area contributed by atoms with Gasteiger partial charge in [-0.25, -0.2) is 4.98 Å². The number of amides is 2. The second kappa shape index (κ2) is 8.89. The van der Waals surface area contributed by atoms with Gasteiger partial charge in [-0.2, -0.15) is 0 Å². The van der Waals surface area contributed by atoms with E-state index in [-0.39, 0.29) is 18.9 Å². The number of primary amides is 1. The molecule has 0 aliphatic heterocycles. The summed E-state index contributed by atoms with van der Waals surface area (Å²) in [4.78, 5) is 27.7. The van der Waals surface area contributed by atoms with Crippen LogP contribution >= 0.6 is 23.4 Å². The lowest BCUT2D eigenvalue weighted by molar-refractivity contribution is -0.118. The molecule has 0 aromatic carbocycles. The molecule has 0 bridgehead atoms. The Bertz CT molecular complexity index is 958. The van der Waals surface area contributed by atoms with Gasteiger partial charge in [0, 0.05) is 19.2 Å². The van der Waals surface area contributed by atoms with Crippen molar-refractivity contribution in [3.8, 4) is 11.6 Å². The van der Waals surface area contributed by atoms with Crippen LogP contribution in [0.4, 0.5) is 5.82 Å². The normalized spacial score (nSPS) is 11.9. The molecule has 9 nitrogen and oxygen atoms in total. The minimum atomic E-state index is -0.501. The third-order valence-electron chi connectivity index (χ3n) is 3.67. The van der Waals surface area contributed by atoms with Gasteiger partial charge in [0.15, 0.2) is 16.7 Å². The Hall–Kier alpha value is -2.85. The van der Waals surface area contributed by atoms with E-state index >= 15 is 0 Å². The standard InChI is InChI=1S/C17H17ClN6O3S/c1-10(16(26)21-14-5-4-11(18)9-20-14)28-17-23-22-15(12-3-2-8-27-12)24(17)7-6-13(19)25/h2-5,8-10H,6-7H2,1H3,(H2,19,25)(H,20,21,26). The predicted octanol–water partition coefficient (Wildman–Crippen LogP) is 2.58. The van der Waals surface area contributed by atoms with Crippen molar-refractivity contribution in [3.05, 3.63) is 41.7 Å². The minimum absolute atomic E-state index is 0.106. The molecule has 0 spiro atoms. The van der Waals surface area contributed by atoms with E-state index in [1.807, 2.05) is 0 Å². The molecule has 11 heteroatoms. The number of pyridine rings is 1. The molecule has 3 aromatic heterocycles. The van der Waals surface area contributed by atoms with Gasteiger partial charge < -0.3 is 15.5 Å². The highest BCUT2D eigenvalue weighted by molar-refractivity contribution is 8.00. The number of furan rings is 1. The summed E-state index contributed by atoms with van der Waals surface area (Å²) in [5, 5.41) is 11.4. The van der Waals surface area contributed by atoms with Crippen LogP contribution in [0.2, 0.25) is 5.02 Å². The Labute approximate surface area is 169 Å². The molecule has 1 unspecified atom stereocenters. The zero-order valence-corrected chi connectivity index (χ0v) is 16.4. The SMILES string of the molecule is CC(Sc1nnc(-c2ccco2)n1CCC(N)=O)C(=O)Nc1ccc(Cl)cn1. The van der Waals surface area contributed by atoms with E-state index in [4.69, 9.17) is 21.8 Å². The summed E-state index contributed by atoms with van der Waals surface area (Å²) in [6.07, 6.45) is 3.07. The van der Waals surface area contributed by atoms with Crippen molar-refractivity contribution >= 4 is 41.0 Å². The van der Waals surface area contributed by atoms with Gasteiger partial charge >= 0.3 is 0 Å². The number of carbonyl (C=O) groups excluding carboxylic acids is 2. The van der Waals surface area contributed by atoms with Crippen LogP contribution in [-0.2, 0) is 16.1 Å². The number of anilines is 1. The number of rotatable bonds is 8. The van der Waals surface area contributed by atoms with Gasteiger partial charge in [0.25, 0.3) is 0 Å². The van der Waals surface area contributed by atoms with Crippen molar-refractivity contribution in [3.63, 3.8) is 0 Å². The minimum Gasteiger partial charge on any atom is -0.461 e. The third-order valence-corrected chi connectivity index (χ3v) is 4.97. The number of nitrogens with zero attached hydrogens (tertiary/aromatic N) is 4. The molecule has 0 aliphatic carbocycles. The molecule has 2 amide bonds.